The second-order valence-corrected chi connectivity index (χ2v) is 5.67. The molecule has 1 amide bonds. The average Bonchev–Trinajstić information content (AvgIpc) is 3.17. The Labute approximate surface area is 146 Å². The quantitative estimate of drug-likeness (QED) is 0.780. The SMILES string of the molecule is CCCC(=O)OCC(=O)Nc1c(C#N)c(C)c(C)n1Cc1ccco1. The van der Waals surface area contributed by atoms with Gasteiger partial charge in [0.2, 0.25) is 0 Å². The number of hydrogen-bond acceptors (Lipinski definition) is 5. The molecule has 132 valence electrons. The number of nitriles is 1. The molecule has 2 rings (SSSR count). The zero-order chi connectivity index (χ0) is 18.4. The van der Waals surface area contributed by atoms with Crippen molar-refractivity contribution in [3.05, 3.63) is 41.0 Å². The highest BCUT2D eigenvalue weighted by atomic mass is 16.5. The molecule has 0 saturated carbocycles. The second-order valence-electron chi connectivity index (χ2n) is 5.67. The van der Waals surface area contributed by atoms with Crippen LogP contribution in [0.1, 0.15) is 42.3 Å². The summed E-state index contributed by atoms with van der Waals surface area (Å²) in [5, 5.41) is 12.1. The Balaban J connectivity index is 2.20. The van der Waals surface area contributed by atoms with Crippen LogP contribution in [0.2, 0.25) is 0 Å². The molecular formula is C18H21N3O4. The summed E-state index contributed by atoms with van der Waals surface area (Å²) in [5.41, 5.74) is 2.02. The summed E-state index contributed by atoms with van der Waals surface area (Å²) < 4.78 is 12.1. The van der Waals surface area contributed by atoms with Crippen LogP contribution in [0.5, 0.6) is 0 Å². The zero-order valence-corrected chi connectivity index (χ0v) is 14.6. The van der Waals surface area contributed by atoms with Gasteiger partial charge in [-0.15, -0.1) is 0 Å². The number of furan rings is 1. The van der Waals surface area contributed by atoms with E-state index in [0.29, 0.717) is 30.1 Å². The molecule has 25 heavy (non-hydrogen) atoms. The van der Waals surface area contributed by atoms with E-state index in [-0.39, 0.29) is 13.0 Å². The Kier molecular flexibility index (Phi) is 6.01. The van der Waals surface area contributed by atoms with Gasteiger partial charge in [0.25, 0.3) is 5.91 Å². The molecule has 0 radical (unpaired) electrons. The van der Waals surface area contributed by atoms with Gasteiger partial charge in [0.05, 0.1) is 18.4 Å². The molecule has 2 aromatic heterocycles. The number of ether oxygens (including phenoxy) is 1. The van der Waals surface area contributed by atoms with Gasteiger partial charge in [0, 0.05) is 12.1 Å². The minimum Gasteiger partial charge on any atom is -0.467 e. The van der Waals surface area contributed by atoms with Crippen LogP contribution in [0.15, 0.2) is 22.8 Å². The van der Waals surface area contributed by atoms with Crippen molar-refractivity contribution >= 4 is 17.7 Å². The van der Waals surface area contributed by atoms with Gasteiger partial charge in [-0.05, 0) is 38.0 Å². The first-order valence-electron chi connectivity index (χ1n) is 8.05. The van der Waals surface area contributed by atoms with E-state index in [1.165, 1.54) is 0 Å². The van der Waals surface area contributed by atoms with Gasteiger partial charge in [-0.1, -0.05) is 6.92 Å². The summed E-state index contributed by atoms with van der Waals surface area (Å²) in [7, 11) is 0. The van der Waals surface area contributed by atoms with Crippen molar-refractivity contribution in [2.45, 2.75) is 40.2 Å². The first-order chi connectivity index (χ1) is 12.0. The summed E-state index contributed by atoms with van der Waals surface area (Å²) in [6.07, 6.45) is 2.49. The van der Waals surface area contributed by atoms with E-state index >= 15 is 0 Å². The van der Waals surface area contributed by atoms with Crippen LogP contribution in [0.4, 0.5) is 5.82 Å². The van der Waals surface area contributed by atoms with E-state index in [2.05, 4.69) is 11.4 Å². The van der Waals surface area contributed by atoms with Crippen LogP contribution in [-0.2, 0) is 20.9 Å². The third-order valence-corrected chi connectivity index (χ3v) is 3.91. The molecule has 0 atom stereocenters. The lowest BCUT2D eigenvalue weighted by molar-refractivity contribution is -0.147. The van der Waals surface area contributed by atoms with Crippen molar-refractivity contribution in [3.63, 3.8) is 0 Å². The molecule has 1 N–H and O–H groups in total. The van der Waals surface area contributed by atoms with E-state index < -0.39 is 11.9 Å². The highest BCUT2D eigenvalue weighted by molar-refractivity contribution is 5.93. The van der Waals surface area contributed by atoms with Crippen molar-refractivity contribution in [3.8, 4) is 6.07 Å². The van der Waals surface area contributed by atoms with Gasteiger partial charge >= 0.3 is 5.97 Å². The standard InChI is InChI=1S/C18H21N3O4/c1-4-6-17(23)25-11-16(22)20-18-15(9-19)12(2)13(3)21(18)10-14-7-5-8-24-14/h5,7-8H,4,6,10-11H2,1-3H3,(H,20,22). The van der Waals surface area contributed by atoms with Crippen LogP contribution in [0.25, 0.3) is 0 Å². The number of carbonyl (C=O) groups is 2. The van der Waals surface area contributed by atoms with Gasteiger partial charge in [0.15, 0.2) is 6.61 Å². The molecule has 0 aromatic carbocycles. The summed E-state index contributed by atoms with van der Waals surface area (Å²) >= 11 is 0. The summed E-state index contributed by atoms with van der Waals surface area (Å²) in [5.74, 6) is 0.175. The molecule has 2 aromatic rings. The molecule has 0 unspecified atom stereocenters. The summed E-state index contributed by atoms with van der Waals surface area (Å²) in [4.78, 5) is 23.5. The summed E-state index contributed by atoms with van der Waals surface area (Å²) in [6, 6.07) is 5.72. The molecular weight excluding hydrogens is 322 g/mol. The number of hydrogen-bond donors (Lipinski definition) is 1. The molecule has 0 aliphatic carbocycles. The Morgan fingerprint density at radius 3 is 2.76 bits per heavy atom. The van der Waals surface area contributed by atoms with E-state index in [1.807, 2.05) is 26.8 Å². The van der Waals surface area contributed by atoms with Crippen molar-refractivity contribution in [1.29, 1.82) is 5.26 Å². The average molecular weight is 343 g/mol. The lowest BCUT2D eigenvalue weighted by atomic mass is 10.2. The van der Waals surface area contributed by atoms with Crippen molar-refractivity contribution in [2.24, 2.45) is 0 Å². The van der Waals surface area contributed by atoms with Crippen molar-refractivity contribution < 1.29 is 18.7 Å². The first kappa shape index (κ1) is 18.3. The topological polar surface area (TPSA) is 97.3 Å². The minimum absolute atomic E-state index is 0.268. The van der Waals surface area contributed by atoms with Gasteiger partial charge in [-0.3, -0.25) is 9.59 Å². The molecule has 0 spiro atoms. The molecule has 7 nitrogen and oxygen atoms in total. The van der Waals surface area contributed by atoms with Gasteiger partial charge in [-0.25, -0.2) is 0 Å². The third kappa shape index (κ3) is 4.29. The fourth-order valence-corrected chi connectivity index (χ4v) is 2.48. The lowest BCUT2D eigenvalue weighted by Gasteiger charge is -2.12. The number of esters is 1. The zero-order valence-electron chi connectivity index (χ0n) is 14.6. The largest absolute Gasteiger partial charge is 0.467 e. The Hall–Kier alpha value is -3.01. The number of nitrogens with one attached hydrogen (secondary N) is 1. The predicted octanol–water partition coefficient (Wildman–Crippen LogP) is 2.90. The molecule has 0 aliphatic rings. The maximum Gasteiger partial charge on any atom is 0.306 e. The second kappa shape index (κ2) is 8.20. The van der Waals surface area contributed by atoms with E-state index in [9.17, 15) is 14.9 Å². The van der Waals surface area contributed by atoms with Crippen LogP contribution in [-0.4, -0.2) is 23.1 Å². The molecule has 0 fully saturated rings. The minimum atomic E-state index is -0.487. The lowest BCUT2D eigenvalue weighted by Crippen LogP contribution is -2.23. The van der Waals surface area contributed by atoms with Gasteiger partial charge in [-0.2, -0.15) is 5.26 Å². The normalized spacial score (nSPS) is 10.3. The van der Waals surface area contributed by atoms with Gasteiger partial charge in [0.1, 0.15) is 17.6 Å². The maximum atomic E-state index is 12.1. The molecule has 7 heteroatoms. The highest BCUT2D eigenvalue weighted by Gasteiger charge is 2.20. The fraction of sp³-hybridized carbons (Fsp3) is 0.389. The predicted molar refractivity (Wildman–Crippen MR) is 90.9 cm³/mol. The number of amides is 1. The van der Waals surface area contributed by atoms with Crippen LogP contribution < -0.4 is 5.32 Å². The monoisotopic (exact) mass is 343 g/mol. The Bertz CT molecular complexity index is 797. The smallest absolute Gasteiger partial charge is 0.306 e. The molecule has 2 heterocycles. The number of nitrogens with zero attached hydrogens (tertiary/aromatic N) is 2. The number of aromatic nitrogens is 1. The van der Waals surface area contributed by atoms with Crippen molar-refractivity contribution in [2.75, 3.05) is 11.9 Å². The fourth-order valence-electron chi connectivity index (χ4n) is 2.48. The Morgan fingerprint density at radius 1 is 1.40 bits per heavy atom. The van der Waals surface area contributed by atoms with Crippen LogP contribution in [0, 0.1) is 25.2 Å². The maximum absolute atomic E-state index is 12.1. The van der Waals surface area contributed by atoms with E-state index in [1.54, 1.807) is 16.9 Å². The van der Waals surface area contributed by atoms with Crippen molar-refractivity contribution in [1.82, 2.24) is 4.57 Å². The van der Waals surface area contributed by atoms with E-state index in [0.717, 1.165) is 11.3 Å². The van der Waals surface area contributed by atoms with Gasteiger partial charge < -0.3 is 19.0 Å². The van der Waals surface area contributed by atoms with E-state index in [4.69, 9.17) is 9.15 Å². The number of anilines is 1. The summed E-state index contributed by atoms with van der Waals surface area (Å²) in [6.45, 7) is 5.55. The number of rotatable bonds is 7. The molecule has 0 aliphatic heterocycles. The Morgan fingerprint density at radius 2 is 2.16 bits per heavy atom. The van der Waals surface area contributed by atoms with Crippen LogP contribution in [0.3, 0.4) is 0 Å². The van der Waals surface area contributed by atoms with Crippen LogP contribution >= 0.6 is 0 Å². The molecule has 0 bridgehead atoms. The molecule has 0 saturated heterocycles. The first-order valence-corrected chi connectivity index (χ1v) is 8.05. The highest BCUT2D eigenvalue weighted by Crippen LogP contribution is 2.27. The number of carbonyl (C=O) groups excluding carboxylic acids is 2. The third-order valence-electron chi connectivity index (χ3n) is 3.91.